The van der Waals surface area contributed by atoms with E-state index in [1.54, 1.807) is 24.4 Å². The molecule has 1 saturated heterocycles. The van der Waals surface area contributed by atoms with Gasteiger partial charge in [-0.3, -0.25) is 4.79 Å². The molecule has 3 aromatic carbocycles. The number of nitrogens with zero attached hydrogens (tertiary/aromatic N) is 3. The highest BCUT2D eigenvalue weighted by atomic mass is 19.4. The highest BCUT2D eigenvalue weighted by molar-refractivity contribution is 6.05. The largest absolute Gasteiger partial charge is 0.492 e. The van der Waals surface area contributed by atoms with Crippen molar-refractivity contribution in [3.63, 3.8) is 0 Å². The molecule has 0 bridgehead atoms. The van der Waals surface area contributed by atoms with Crippen LogP contribution in [0.5, 0.6) is 5.75 Å². The first-order chi connectivity index (χ1) is 18.6. The number of likely N-dealkylation sites (tertiary alicyclic amines) is 1. The Hall–Kier alpha value is -4.18. The van der Waals surface area contributed by atoms with Crippen LogP contribution in [-0.2, 0) is 6.18 Å². The van der Waals surface area contributed by atoms with Gasteiger partial charge in [0.05, 0.1) is 11.1 Å². The number of carbonyl (C=O) groups excluding carboxylic acids is 1. The number of nitrogens with two attached hydrogens (primary N) is 1. The van der Waals surface area contributed by atoms with Gasteiger partial charge >= 0.3 is 6.18 Å². The molecule has 1 unspecified atom stereocenters. The standard InChI is InChI=1S/C29H28F3N5O2/c1-17-5-6-19(11-25(17)18-7-8-26-20(10-18)15-34-28(33)36-26)27(38)35-22-12-21(29(30,31)32)13-24(14-22)39-16-23-4-3-9-37(23)2/h5-8,10-15,23H,3-4,9,16H2,1-2H3,(H,35,38)(H2,33,34,36). The number of nitrogens with one attached hydrogen (secondary N) is 1. The number of alkyl halides is 3. The first-order valence-electron chi connectivity index (χ1n) is 12.6. The Balaban J connectivity index is 1.40. The molecular weight excluding hydrogens is 507 g/mol. The van der Waals surface area contributed by atoms with E-state index in [1.807, 2.05) is 32.2 Å². The molecule has 1 aromatic heterocycles. The Morgan fingerprint density at radius 1 is 1.15 bits per heavy atom. The number of carbonyl (C=O) groups is 1. The lowest BCUT2D eigenvalue weighted by molar-refractivity contribution is -0.137. The number of likely N-dealkylation sites (N-methyl/N-ethyl adjacent to an activating group) is 1. The summed E-state index contributed by atoms with van der Waals surface area (Å²) in [6.07, 6.45) is -1.02. The predicted octanol–water partition coefficient (Wildman–Crippen LogP) is 5.93. The van der Waals surface area contributed by atoms with Gasteiger partial charge in [0, 0.05) is 34.9 Å². The van der Waals surface area contributed by atoms with Crippen LogP contribution in [-0.4, -0.2) is 47.0 Å². The quantitative estimate of drug-likeness (QED) is 0.318. The lowest BCUT2D eigenvalue weighted by atomic mass is 9.97. The minimum Gasteiger partial charge on any atom is -0.492 e. The van der Waals surface area contributed by atoms with Gasteiger partial charge in [-0.25, -0.2) is 9.97 Å². The Morgan fingerprint density at radius 3 is 2.72 bits per heavy atom. The van der Waals surface area contributed by atoms with E-state index in [0.29, 0.717) is 11.1 Å². The van der Waals surface area contributed by atoms with Crippen LogP contribution in [0.15, 0.2) is 60.8 Å². The highest BCUT2D eigenvalue weighted by Crippen LogP contribution is 2.35. The van der Waals surface area contributed by atoms with Gasteiger partial charge in [-0.1, -0.05) is 12.1 Å². The summed E-state index contributed by atoms with van der Waals surface area (Å²) in [4.78, 5) is 23.5. The summed E-state index contributed by atoms with van der Waals surface area (Å²) in [7, 11) is 1.97. The van der Waals surface area contributed by atoms with Crippen molar-refractivity contribution in [2.45, 2.75) is 32.0 Å². The number of ether oxygens (including phenoxy) is 1. The van der Waals surface area contributed by atoms with Crippen molar-refractivity contribution in [2.75, 3.05) is 31.2 Å². The minimum absolute atomic E-state index is 0.00664. The molecule has 5 rings (SSSR count). The normalized spacial score (nSPS) is 16.0. The van der Waals surface area contributed by atoms with E-state index in [-0.39, 0.29) is 30.0 Å². The van der Waals surface area contributed by atoms with Gasteiger partial charge in [-0.15, -0.1) is 0 Å². The van der Waals surface area contributed by atoms with Gasteiger partial charge in [-0.2, -0.15) is 13.2 Å². The number of halogens is 3. The Labute approximate surface area is 223 Å². The number of fused-ring (bicyclic) bond motifs is 1. The number of nitrogen functional groups attached to an aromatic ring is 1. The summed E-state index contributed by atoms with van der Waals surface area (Å²) in [5.74, 6) is -0.294. The van der Waals surface area contributed by atoms with E-state index in [1.165, 1.54) is 6.07 Å². The molecule has 7 nitrogen and oxygen atoms in total. The zero-order chi connectivity index (χ0) is 27.7. The van der Waals surface area contributed by atoms with Crippen LogP contribution in [0.2, 0.25) is 0 Å². The van der Waals surface area contributed by atoms with Crippen LogP contribution >= 0.6 is 0 Å². The van der Waals surface area contributed by atoms with Crippen molar-refractivity contribution in [3.8, 4) is 16.9 Å². The first kappa shape index (κ1) is 26.4. The van der Waals surface area contributed by atoms with Crippen molar-refractivity contribution in [1.82, 2.24) is 14.9 Å². The fourth-order valence-corrected chi connectivity index (χ4v) is 4.79. The molecular formula is C29H28F3N5O2. The van der Waals surface area contributed by atoms with Gasteiger partial charge in [0.2, 0.25) is 5.95 Å². The molecule has 1 amide bonds. The number of hydrogen-bond donors (Lipinski definition) is 2. The third-order valence-electron chi connectivity index (χ3n) is 7.01. The van der Waals surface area contributed by atoms with Crippen LogP contribution < -0.4 is 15.8 Å². The van der Waals surface area contributed by atoms with Crippen molar-refractivity contribution < 1.29 is 22.7 Å². The van der Waals surface area contributed by atoms with E-state index in [2.05, 4.69) is 20.2 Å². The minimum atomic E-state index is -4.59. The van der Waals surface area contributed by atoms with Crippen LogP contribution in [0.4, 0.5) is 24.8 Å². The lowest BCUT2D eigenvalue weighted by Gasteiger charge is -2.20. The summed E-state index contributed by atoms with van der Waals surface area (Å²) >= 11 is 0. The fraction of sp³-hybridized carbons (Fsp3) is 0.276. The number of rotatable bonds is 6. The second-order valence-electron chi connectivity index (χ2n) is 9.82. The zero-order valence-corrected chi connectivity index (χ0v) is 21.5. The first-order valence-corrected chi connectivity index (χ1v) is 12.6. The number of aromatic nitrogens is 2. The average Bonchev–Trinajstić information content (AvgIpc) is 3.31. The molecule has 202 valence electrons. The molecule has 1 aliphatic heterocycles. The van der Waals surface area contributed by atoms with Crippen LogP contribution in [0.25, 0.3) is 22.0 Å². The maximum atomic E-state index is 13.6. The molecule has 0 spiro atoms. The van der Waals surface area contributed by atoms with E-state index in [4.69, 9.17) is 10.5 Å². The van der Waals surface area contributed by atoms with Gasteiger partial charge in [0.15, 0.2) is 0 Å². The summed E-state index contributed by atoms with van der Waals surface area (Å²) in [6.45, 7) is 3.12. The molecule has 0 aliphatic carbocycles. The molecule has 4 aromatic rings. The number of hydrogen-bond acceptors (Lipinski definition) is 6. The number of amides is 1. The number of benzene rings is 3. The molecule has 1 aliphatic rings. The van der Waals surface area contributed by atoms with Crippen LogP contribution in [0, 0.1) is 6.92 Å². The van der Waals surface area contributed by atoms with Crippen molar-refractivity contribution >= 4 is 28.4 Å². The number of anilines is 2. The maximum absolute atomic E-state index is 13.6. The Bertz CT molecular complexity index is 1540. The number of aryl methyl sites for hydroxylation is 1. The second-order valence-corrected chi connectivity index (χ2v) is 9.82. The summed E-state index contributed by atoms with van der Waals surface area (Å²) in [5.41, 5.74) is 8.35. The molecule has 0 radical (unpaired) electrons. The second kappa shape index (κ2) is 10.5. The van der Waals surface area contributed by atoms with E-state index in [0.717, 1.165) is 53.6 Å². The van der Waals surface area contributed by atoms with Gasteiger partial charge in [0.25, 0.3) is 5.91 Å². The average molecular weight is 536 g/mol. The zero-order valence-electron chi connectivity index (χ0n) is 21.5. The molecule has 0 saturated carbocycles. The van der Waals surface area contributed by atoms with Crippen LogP contribution in [0.3, 0.4) is 0 Å². The third kappa shape index (κ3) is 5.96. The van der Waals surface area contributed by atoms with Crippen molar-refractivity contribution in [1.29, 1.82) is 0 Å². The predicted molar refractivity (Wildman–Crippen MR) is 145 cm³/mol. The topological polar surface area (TPSA) is 93.4 Å². The Morgan fingerprint density at radius 2 is 1.97 bits per heavy atom. The van der Waals surface area contributed by atoms with Crippen molar-refractivity contribution in [2.24, 2.45) is 0 Å². The SMILES string of the molecule is Cc1ccc(C(=O)Nc2cc(OCC3CCCN3C)cc(C(F)(F)F)c2)cc1-c1ccc2nc(N)ncc2c1. The van der Waals surface area contributed by atoms with E-state index >= 15 is 0 Å². The molecule has 1 fully saturated rings. The molecule has 2 heterocycles. The molecule has 1 atom stereocenters. The summed E-state index contributed by atoms with van der Waals surface area (Å²) in [5, 5.41) is 3.41. The third-order valence-corrected chi connectivity index (χ3v) is 7.01. The monoisotopic (exact) mass is 535 g/mol. The Kier molecular flexibility index (Phi) is 7.14. The summed E-state index contributed by atoms with van der Waals surface area (Å²) < 4.78 is 46.7. The summed E-state index contributed by atoms with van der Waals surface area (Å²) in [6, 6.07) is 14.2. The van der Waals surface area contributed by atoms with E-state index < -0.39 is 17.6 Å². The van der Waals surface area contributed by atoms with Gasteiger partial charge < -0.3 is 20.7 Å². The van der Waals surface area contributed by atoms with Gasteiger partial charge in [-0.05, 0) is 86.4 Å². The van der Waals surface area contributed by atoms with Gasteiger partial charge in [0.1, 0.15) is 12.4 Å². The maximum Gasteiger partial charge on any atom is 0.416 e. The lowest BCUT2D eigenvalue weighted by Crippen LogP contribution is -2.30. The smallest absolute Gasteiger partial charge is 0.416 e. The van der Waals surface area contributed by atoms with E-state index in [9.17, 15) is 18.0 Å². The highest BCUT2D eigenvalue weighted by Gasteiger charge is 2.32. The molecule has 10 heteroatoms. The molecule has 39 heavy (non-hydrogen) atoms. The van der Waals surface area contributed by atoms with Crippen LogP contribution in [0.1, 0.15) is 34.3 Å². The molecule has 3 N–H and O–H groups in total. The fourth-order valence-electron chi connectivity index (χ4n) is 4.79. The van der Waals surface area contributed by atoms with Crippen molar-refractivity contribution in [3.05, 3.63) is 77.5 Å².